The molecule has 4 rings (SSSR count). The van der Waals surface area contributed by atoms with Crippen molar-refractivity contribution in [1.29, 1.82) is 0 Å². The molecule has 0 spiro atoms. The molecule has 1 aliphatic heterocycles. The van der Waals surface area contributed by atoms with Crippen LogP contribution in [0.2, 0.25) is 0 Å². The molecule has 2 heterocycles. The Morgan fingerprint density at radius 3 is 2.02 bits per heavy atom. The van der Waals surface area contributed by atoms with Crippen molar-refractivity contribution < 1.29 is 19.0 Å². The summed E-state index contributed by atoms with van der Waals surface area (Å²) in [5.41, 5.74) is 8.64. The monoisotopic (exact) mass is 557 g/mol. The number of ether oxygens (including phenoxy) is 3. The average Bonchev–Trinajstić information content (AvgIpc) is 3.39. The predicted octanol–water partition coefficient (Wildman–Crippen LogP) is 4.70. The second kappa shape index (κ2) is 21.8. The lowest BCUT2D eigenvalue weighted by Crippen LogP contribution is -2.41. The van der Waals surface area contributed by atoms with Gasteiger partial charge in [0.05, 0.1) is 25.4 Å². The number of rotatable bonds is 8. The molecule has 0 bridgehead atoms. The summed E-state index contributed by atoms with van der Waals surface area (Å²) in [6.45, 7) is 12.2. The van der Waals surface area contributed by atoms with Crippen LogP contribution in [0.15, 0.2) is 60.7 Å². The lowest BCUT2D eigenvalue weighted by atomic mass is 9.75. The molecule has 2 aromatic carbocycles. The molecule has 1 aromatic heterocycles. The van der Waals surface area contributed by atoms with Gasteiger partial charge in [0.2, 0.25) is 0 Å². The number of methoxy groups -OCH3 is 2. The van der Waals surface area contributed by atoms with Gasteiger partial charge in [-0.3, -0.25) is 5.32 Å². The van der Waals surface area contributed by atoms with Crippen molar-refractivity contribution in [2.75, 3.05) is 35.0 Å². The highest BCUT2D eigenvalue weighted by molar-refractivity contribution is 5.27. The first-order valence-electron chi connectivity index (χ1n) is 13.6. The minimum absolute atomic E-state index is 0.0788. The van der Waals surface area contributed by atoms with Crippen LogP contribution in [-0.2, 0) is 44.0 Å². The Balaban J connectivity index is 0.00000135. The Bertz CT molecular complexity index is 999. The van der Waals surface area contributed by atoms with Crippen molar-refractivity contribution in [3.63, 3.8) is 0 Å². The summed E-state index contributed by atoms with van der Waals surface area (Å²) in [5.74, 6) is 1.94. The Labute approximate surface area is 241 Å². The highest BCUT2D eigenvalue weighted by atomic mass is 16.5. The Kier molecular flexibility index (Phi) is 20.2. The van der Waals surface area contributed by atoms with Gasteiger partial charge in [0.15, 0.2) is 5.82 Å². The smallest absolute Gasteiger partial charge is 0.152 e. The molecule has 0 amide bonds. The van der Waals surface area contributed by atoms with Crippen molar-refractivity contribution in [3.05, 3.63) is 83.4 Å². The molecular formula is C31H51N5O4. The van der Waals surface area contributed by atoms with Gasteiger partial charge < -0.3 is 29.3 Å². The van der Waals surface area contributed by atoms with Crippen LogP contribution in [0.3, 0.4) is 0 Å². The molecule has 9 nitrogen and oxygen atoms in total. The van der Waals surface area contributed by atoms with Crippen molar-refractivity contribution in [2.24, 2.45) is 5.73 Å². The molecule has 3 atom stereocenters. The fraction of sp³-hybridized carbons (Fsp3) is 0.516. The third-order valence-corrected chi connectivity index (χ3v) is 5.93. The summed E-state index contributed by atoms with van der Waals surface area (Å²) in [6.07, 6.45) is 1.76. The van der Waals surface area contributed by atoms with Crippen LogP contribution in [0, 0.1) is 0 Å². The van der Waals surface area contributed by atoms with Crippen molar-refractivity contribution in [1.82, 2.24) is 20.1 Å². The fourth-order valence-electron chi connectivity index (χ4n) is 4.25. The van der Waals surface area contributed by atoms with Gasteiger partial charge in [0.1, 0.15) is 12.6 Å². The van der Waals surface area contributed by atoms with Crippen molar-refractivity contribution in [3.8, 4) is 0 Å². The van der Waals surface area contributed by atoms with Gasteiger partial charge >= 0.3 is 0 Å². The predicted molar refractivity (Wildman–Crippen MR) is 162 cm³/mol. The molecule has 0 saturated carbocycles. The van der Waals surface area contributed by atoms with E-state index in [0.29, 0.717) is 13.2 Å². The summed E-state index contributed by atoms with van der Waals surface area (Å²) < 4.78 is 16.8. The van der Waals surface area contributed by atoms with E-state index in [1.54, 1.807) is 28.4 Å². The summed E-state index contributed by atoms with van der Waals surface area (Å²) in [7, 11) is 6.50. The first-order valence-corrected chi connectivity index (χ1v) is 13.6. The number of nitrogens with one attached hydrogen (secondary N) is 1. The zero-order valence-electron chi connectivity index (χ0n) is 25.7. The first kappa shape index (κ1) is 37.0. The van der Waals surface area contributed by atoms with E-state index in [1.165, 1.54) is 5.56 Å². The molecule has 1 aliphatic rings. The van der Waals surface area contributed by atoms with Crippen LogP contribution in [0.25, 0.3) is 0 Å². The maximum absolute atomic E-state index is 8.00. The van der Waals surface area contributed by atoms with E-state index in [0.717, 1.165) is 36.6 Å². The molecule has 9 heteroatoms. The van der Waals surface area contributed by atoms with Gasteiger partial charge in [-0.1, -0.05) is 81.4 Å². The molecule has 0 saturated heterocycles. The van der Waals surface area contributed by atoms with Crippen molar-refractivity contribution in [2.45, 2.75) is 71.3 Å². The number of hydrogen-bond donors (Lipinski definition) is 2. The van der Waals surface area contributed by atoms with E-state index in [9.17, 15) is 0 Å². The second-order valence-electron chi connectivity index (χ2n) is 9.30. The topological polar surface area (TPSA) is 114 Å². The maximum Gasteiger partial charge on any atom is 0.152 e. The minimum Gasteiger partial charge on any atom is -0.388 e. The van der Waals surface area contributed by atoms with Gasteiger partial charge in [-0.05, 0) is 24.5 Å². The van der Waals surface area contributed by atoms with E-state index in [1.807, 2.05) is 45.8 Å². The van der Waals surface area contributed by atoms with Crippen LogP contribution in [0.5, 0.6) is 0 Å². The SMILES string of the molecule is C=O.CC.CC(N)NC(COCc1ccccc1)c1nnc2n1CCC(C)(c1ccccc1)C2.COC.COC. The molecule has 224 valence electrons. The third kappa shape index (κ3) is 12.5. The largest absolute Gasteiger partial charge is 0.388 e. The zero-order chi connectivity index (χ0) is 30.4. The molecule has 0 fully saturated rings. The summed E-state index contributed by atoms with van der Waals surface area (Å²) in [5, 5.41) is 12.5. The summed E-state index contributed by atoms with van der Waals surface area (Å²) in [6, 6.07) is 20.8. The number of nitrogens with zero attached hydrogens (tertiary/aromatic N) is 3. The maximum atomic E-state index is 8.00. The average molecular weight is 558 g/mol. The van der Waals surface area contributed by atoms with Crippen LogP contribution in [-0.4, -0.2) is 62.8 Å². The highest BCUT2D eigenvalue weighted by Crippen LogP contribution is 2.36. The molecule has 0 aliphatic carbocycles. The van der Waals surface area contributed by atoms with Crippen molar-refractivity contribution >= 4 is 6.79 Å². The molecule has 40 heavy (non-hydrogen) atoms. The van der Waals surface area contributed by atoms with Crippen LogP contribution in [0.1, 0.15) is 62.9 Å². The Morgan fingerprint density at radius 2 is 1.50 bits per heavy atom. The molecule has 3 N–H and O–H groups in total. The quantitative estimate of drug-likeness (QED) is 0.383. The number of hydrogen-bond acceptors (Lipinski definition) is 8. The molecular weight excluding hydrogens is 506 g/mol. The van der Waals surface area contributed by atoms with Gasteiger partial charge in [0, 0.05) is 46.8 Å². The molecule has 3 aromatic rings. The normalized spacial score (nSPS) is 16.5. The van der Waals surface area contributed by atoms with E-state index in [2.05, 4.69) is 78.9 Å². The van der Waals surface area contributed by atoms with Gasteiger partial charge in [0.25, 0.3) is 0 Å². The number of nitrogens with two attached hydrogens (primary N) is 1. The molecule has 0 radical (unpaired) electrons. The second-order valence-corrected chi connectivity index (χ2v) is 9.30. The van der Waals surface area contributed by atoms with Gasteiger partial charge in [-0.15, -0.1) is 10.2 Å². The van der Waals surface area contributed by atoms with E-state index >= 15 is 0 Å². The lowest BCUT2D eigenvalue weighted by molar-refractivity contribution is -0.0980. The minimum atomic E-state index is -0.165. The number of benzene rings is 2. The standard InChI is InChI=1S/C24H31N5O.2C2H6O.C2H6.CH2O/c1-18(25)26-21(17-30-16-19-9-5-3-6-10-19)23-28-27-22-15-24(2,13-14-29(22)23)20-11-7-4-8-12-20;2*1-3-2;2*1-2/h3-12,18,21,26H,13-17,25H2,1-2H3;2*1-2H3;1-2H3;1H2. The van der Waals surface area contributed by atoms with Crippen LogP contribution >= 0.6 is 0 Å². The fourth-order valence-corrected chi connectivity index (χ4v) is 4.25. The Hall–Kier alpha value is -2.95. The number of fused-ring (bicyclic) bond motifs is 1. The number of carbonyl (C=O) groups is 1. The highest BCUT2D eigenvalue weighted by Gasteiger charge is 2.35. The number of carbonyl (C=O) groups excluding carboxylic acids is 1. The first-order chi connectivity index (χ1) is 19.4. The Morgan fingerprint density at radius 1 is 0.975 bits per heavy atom. The van der Waals surface area contributed by atoms with E-state index in [-0.39, 0.29) is 17.6 Å². The van der Waals surface area contributed by atoms with Gasteiger partial charge in [-0.2, -0.15) is 0 Å². The zero-order valence-corrected chi connectivity index (χ0v) is 25.7. The lowest BCUT2D eigenvalue weighted by Gasteiger charge is -2.35. The third-order valence-electron chi connectivity index (χ3n) is 5.93. The summed E-state index contributed by atoms with van der Waals surface area (Å²) in [4.78, 5) is 8.00. The summed E-state index contributed by atoms with van der Waals surface area (Å²) >= 11 is 0. The van der Waals surface area contributed by atoms with Crippen LogP contribution < -0.4 is 11.1 Å². The van der Waals surface area contributed by atoms with E-state index < -0.39 is 0 Å². The van der Waals surface area contributed by atoms with Crippen LogP contribution in [0.4, 0.5) is 0 Å². The number of aromatic nitrogens is 3. The van der Waals surface area contributed by atoms with E-state index in [4.69, 9.17) is 15.3 Å². The molecule has 3 unspecified atom stereocenters. The van der Waals surface area contributed by atoms with Gasteiger partial charge in [-0.25, -0.2) is 0 Å².